The quantitative estimate of drug-likeness (QED) is 0.889. The topological polar surface area (TPSA) is 66.4 Å². The van der Waals surface area contributed by atoms with Crippen molar-refractivity contribution in [2.45, 2.75) is 33.1 Å². The van der Waals surface area contributed by atoms with Crippen LogP contribution in [0, 0.1) is 17.3 Å². The lowest BCUT2D eigenvalue weighted by atomic mass is 10.1. The highest BCUT2D eigenvalue weighted by atomic mass is 16.4. The molecule has 0 aromatic heterocycles. The zero-order valence-electron chi connectivity index (χ0n) is 11.8. The standard InChI is InChI=1S/C16H19NO3/c1-16(2)12(13(16)15(19)20)14(18)17-11-7-6-9-4-3-5-10(9)8-11/h6-8,12-13H,3-5H2,1-2H3,(H,17,18)(H,19,20)/t12-,13+/m1/s1. The van der Waals surface area contributed by atoms with Gasteiger partial charge >= 0.3 is 5.97 Å². The Bertz CT molecular complexity index is 591. The van der Waals surface area contributed by atoms with Crippen molar-refractivity contribution < 1.29 is 14.7 Å². The smallest absolute Gasteiger partial charge is 0.307 e. The summed E-state index contributed by atoms with van der Waals surface area (Å²) in [6, 6.07) is 5.99. The van der Waals surface area contributed by atoms with Gasteiger partial charge in [0, 0.05) is 5.69 Å². The number of nitrogens with one attached hydrogen (secondary N) is 1. The summed E-state index contributed by atoms with van der Waals surface area (Å²) >= 11 is 0. The fraction of sp³-hybridized carbons (Fsp3) is 0.500. The van der Waals surface area contributed by atoms with Crippen molar-refractivity contribution in [1.29, 1.82) is 0 Å². The first kappa shape index (κ1) is 13.2. The van der Waals surface area contributed by atoms with E-state index in [0.29, 0.717) is 0 Å². The molecule has 20 heavy (non-hydrogen) atoms. The van der Waals surface area contributed by atoms with Gasteiger partial charge in [-0.25, -0.2) is 0 Å². The van der Waals surface area contributed by atoms with E-state index >= 15 is 0 Å². The summed E-state index contributed by atoms with van der Waals surface area (Å²) in [6.07, 6.45) is 3.34. The van der Waals surface area contributed by atoms with E-state index in [2.05, 4.69) is 11.4 Å². The Kier molecular flexibility index (Phi) is 2.85. The van der Waals surface area contributed by atoms with E-state index in [1.165, 1.54) is 17.5 Å². The van der Waals surface area contributed by atoms with Crippen molar-refractivity contribution in [3.63, 3.8) is 0 Å². The highest BCUT2D eigenvalue weighted by Crippen LogP contribution is 2.58. The highest BCUT2D eigenvalue weighted by molar-refractivity contribution is 5.99. The first-order valence-electron chi connectivity index (χ1n) is 7.07. The number of amides is 1. The van der Waals surface area contributed by atoms with Gasteiger partial charge in [0.25, 0.3) is 0 Å². The summed E-state index contributed by atoms with van der Waals surface area (Å²) in [4.78, 5) is 23.3. The molecule has 0 spiro atoms. The van der Waals surface area contributed by atoms with Gasteiger partial charge in [0.1, 0.15) is 0 Å². The molecule has 0 bridgehead atoms. The largest absolute Gasteiger partial charge is 0.481 e. The number of rotatable bonds is 3. The second-order valence-electron chi connectivity index (χ2n) is 6.44. The van der Waals surface area contributed by atoms with E-state index < -0.39 is 23.2 Å². The number of anilines is 1. The Labute approximate surface area is 118 Å². The molecule has 1 aromatic rings. The number of aryl methyl sites for hydroxylation is 2. The highest BCUT2D eigenvalue weighted by Gasteiger charge is 2.65. The number of carbonyl (C=O) groups excluding carboxylic acids is 1. The lowest BCUT2D eigenvalue weighted by molar-refractivity contribution is -0.140. The van der Waals surface area contributed by atoms with Crippen molar-refractivity contribution in [3.8, 4) is 0 Å². The van der Waals surface area contributed by atoms with Gasteiger partial charge in [0.2, 0.25) is 5.91 Å². The molecule has 1 fully saturated rings. The second-order valence-corrected chi connectivity index (χ2v) is 6.44. The van der Waals surface area contributed by atoms with E-state index in [-0.39, 0.29) is 5.91 Å². The normalized spacial score (nSPS) is 25.9. The molecule has 4 nitrogen and oxygen atoms in total. The summed E-state index contributed by atoms with van der Waals surface area (Å²) < 4.78 is 0. The van der Waals surface area contributed by atoms with E-state index in [1.54, 1.807) is 0 Å². The number of aliphatic carboxylic acids is 1. The summed E-state index contributed by atoms with van der Waals surface area (Å²) in [6.45, 7) is 3.66. The minimum absolute atomic E-state index is 0.180. The maximum atomic E-state index is 12.2. The Morgan fingerprint density at radius 3 is 2.55 bits per heavy atom. The number of benzene rings is 1. The molecular formula is C16H19NO3. The maximum absolute atomic E-state index is 12.2. The van der Waals surface area contributed by atoms with Crippen LogP contribution in [0.25, 0.3) is 0 Å². The molecule has 0 heterocycles. The fourth-order valence-electron chi connectivity index (χ4n) is 3.46. The maximum Gasteiger partial charge on any atom is 0.307 e. The van der Waals surface area contributed by atoms with Gasteiger partial charge in [-0.2, -0.15) is 0 Å². The van der Waals surface area contributed by atoms with Gasteiger partial charge in [-0.15, -0.1) is 0 Å². The molecule has 0 radical (unpaired) electrons. The van der Waals surface area contributed by atoms with Crippen molar-refractivity contribution in [2.24, 2.45) is 17.3 Å². The molecule has 2 aliphatic rings. The number of carbonyl (C=O) groups is 2. The van der Waals surface area contributed by atoms with Crippen molar-refractivity contribution in [1.82, 2.24) is 0 Å². The SMILES string of the molecule is CC1(C)[C@H](C(=O)O)[C@@H]1C(=O)Nc1ccc2c(c1)CCC2. The summed E-state index contributed by atoms with van der Waals surface area (Å²) in [5.74, 6) is -2.07. The average molecular weight is 273 g/mol. The van der Waals surface area contributed by atoms with Gasteiger partial charge in [-0.1, -0.05) is 19.9 Å². The number of fused-ring (bicyclic) bond motifs is 1. The zero-order chi connectivity index (χ0) is 14.5. The predicted octanol–water partition coefficient (Wildman–Crippen LogP) is 2.47. The van der Waals surface area contributed by atoms with Gasteiger partial charge in [-0.3, -0.25) is 9.59 Å². The molecule has 2 atom stereocenters. The minimum atomic E-state index is -0.885. The lowest BCUT2D eigenvalue weighted by Gasteiger charge is -2.08. The first-order valence-corrected chi connectivity index (χ1v) is 7.07. The third-order valence-corrected chi connectivity index (χ3v) is 4.74. The minimum Gasteiger partial charge on any atom is -0.481 e. The third-order valence-electron chi connectivity index (χ3n) is 4.74. The summed E-state index contributed by atoms with van der Waals surface area (Å²) in [7, 11) is 0. The molecule has 1 aromatic carbocycles. The van der Waals surface area contributed by atoms with Crippen LogP contribution >= 0.6 is 0 Å². The molecule has 4 heteroatoms. The molecule has 1 amide bonds. The Morgan fingerprint density at radius 2 is 1.90 bits per heavy atom. The van der Waals surface area contributed by atoms with Crippen LogP contribution in [0.4, 0.5) is 5.69 Å². The molecule has 0 saturated heterocycles. The third kappa shape index (κ3) is 1.99. The van der Waals surface area contributed by atoms with Crippen molar-refractivity contribution in [2.75, 3.05) is 5.32 Å². The van der Waals surface area contributed by atoms with Crippen LogP contribution in [0.5, 0.6) is 0 Å². The Hall–Kier alpha value is -1.84. The number of hydrogen-bond donors (Lipinski definition) is 2. The van der Waals surface area contributed by atoms with Crippen LogP contribution in [0.3, 0.4) is 0 Å². The van der Waals surface area contributed by atoms with Crippen LogP contribution in [-0.2, 0) is 22.4 Å². The van der Waals surface area contributed by atoms with Crippen LogP contribution in [0.2, 0.25) is 0 Å². The monoisotopic (exact) mass is 273 g/mol. The molecule has 0 unspecified atom stereocenters. The van der Waals surface area contributed by atoms with Crippen LogP contribution < -0.4 is 5.32 Å². The van der Waals surface area contributed by atoms with E-state index in [4.69, 9.17) is 5.11 Å². The Balaban J connectivity index is 1.73. The lowest BCUT2D eigenvalue weighted by Crippen LogP contribution is -2.17. The molecule has 106 valence electrons. The van der Waals surface area contributed by atoms with Gasteiger partial charge in [-0.05, 0) is 47.9 Å². The van der Waals surface area contributed by atoms with Crippen LogP contribution in [-0.4, -0.2) is 17.0 Å². The number of carboxylic acids is 1. The molecule has 2 aliphatic carbocycles. The van der Waals surface area contributed by atoms with E-state index in [0.717, 1.165) is 18.5 Å². The number of hydrogen-bond acceptors (Lipinski definition) is 2. The van der Waals surface area contributed by atoms with Gasteiger partial charge < -0.3 is 10.4 Å². The number of carboxylic acid groups (broad SMARTS) is 1. The van der Waals surface area contributed by atoms with Gasteiger partial charge in [0.05, 0.1) is 11.8 Å². The molecule has 0 aliphatic heterocycles. The van der Waals surface area contributed by atoms with Crippen LogP contribution in [0.1, 0.15) is 31.4 Å². The van der Waals surface area contributed by atoms with Crippen LogP contribution in [0.15, 0.2) is 18.2 Å². The average Bonchev–Trinajstić information content (AvgIpc) is 2.73. The zero-order valence-corrected chi connectivity index (χ0v) is 11.8. The molecular weight excluding hydrogens is 254 g/mol. The van der Waals surface area contributed by atoms with Crippen molar-refractivity contribution in [3.05, 3.63) is 29.3 Å². The summed E-state index contributed by atoms with van der Waals surface area (Å²) in [5, 5.41) is 12.0. The fourth-order valence-corrected chi connectivity index (χ4v) is 3.46. The molecule has 2 N–H and O–H groups in total. The second kappa shape index (κ2) is 4.33. The summed E-state index contributed by atoms with van der Waals surface area (Å²) in [5.41, 5.74) is 2.99. The first-order chi connectivity index (χ1) is 9.41. The molecule has 1 saturated carbocycles. The van der Waals surface area contributed by atoms with Gasteiger partial charge in [0.15, 0.2) is 0 Å². The molecule has 3 rings (SSSR count). The van der Waals surface area contributed by atoms with Crippen molar-refractivity contribution >= 4 is 17.6 Å². The predicted molar refractivity (Wildman–Crippen MR) is 75.5 cm³/mol. The van der Waals surface area contributed by atoms with E-state index in [1.807, 2.05) is 26.0 Å². The Morgan fingerprint density at radius 1 is 1.20 bits per heavy atom. The van der Waals surface area contributed by atoms with E-state index in [9.17, 15) is 9.59 Å².